The second-order valence-electron chi connectivity index (χ2n) is 3.40. The van der Waals surface area contributed by atoms with E-state index in [9.17, 15) is 0 Å². The fourth-order valence-corrected chi connectivity index (χ4v) is 2.16. The van der Waals surface area contributed by atoms with Crippen molar-refractivity contribution in [3.05, 3.63) is 11.2 Å². The minimum Gasteiger partial charge on any atom is -0.366 e. The Morgan fingerprint density at radius 2 is 2.47 bits per heavy atom. The molecule has 1 atom stereocenters. The standard InChI is InChI=1S/C9H13ClN4S/c1-15-9-13-7(10)4-8(14-9)12-6-2-3-11-5-6/h4,6,11H,2-3,5H2,1H3,(H,12,13,14)/t6-/m0/s1. The second-order valence-corrected chi connectivity index (χ2v) is 4.56. The molecule has 1 aromatic heterocycles. The molecule has 0 saturated carbocycles. The van der Waals surface area contributed by atoms with Crippen LogP contribution < -0.4 is 10.6 Å². The van der Waals surface area contributed by atoms with Crippen LogP contribution in [0, 0.1) is 0 Å². The Bertz CT molecular complexity index is 341. The van der Waals surface area contributed by atoms with Gasteiger partial charge in [-0.3, -0.25) is 0 Å². The van der Waals surface area contributed by atoms with Gasteiger partial charge >= 0.3 is 0 Å². The van der Waals surface area contributed by atoms with E-state index in [-0.39, 0.29) is 0 Å². The minimum absolute atomic E-state index is 0.450. The molecule has 6 heteroatoms. The van der Waals surface area contributed by atoms with Crippen molar-refractivity contribution in [3.63, 3.8) is 0 Å². The Hall–Kier alpha value is -0.520. The summed E-state index contributed by atoms with van der Waals surface area (Å²) in [5.74, 6) is 0.813. The van der Waals surface area contributed by atoms with Gasteiger partial charge in [0.25, 0.3) is 0 Å². The molecule has 0 amide bonds. The van der Waals surface area contributed by atoms with Crippen LogP contribution in [0.1, 0.15) is 6.42 Å². The molecule has 1 aliphatic heterocycles. The van der Waals surface area contributed by atoms with E-state index in [1.807, 2.05) is 6.26 Å². The summed E-state index contributed by atoms with van der Waals surface area (Å²) in [4.78, 5) is 8.43. The van der Waals surface area contributed by atoms with E-state index in [0.717, 1.165) is 25.3 Å². The average Bonchev–Trinajstić information content (AvgIpc) is 2.69. The van der Waals surface area contributed by atoms with Gasteiger partial charge in [-0.1, -0.05) is 23.4 Å². The van der Waals surface area contributed by atoms with Crippen molar-refractivity contribution in [2.75, 3.05) is 24.7 Å². The van der Waals surface area contributed by atoms with E-state index in [1.54, 1.807) is 6.07 Å². The molecular weight excluding hydrogens is 232 g/mol. The molecule has 0 aromatic carbocycles. The van der Waals surface area contributed by atoms with E-state index >= 15 is 0 Å². The lowest BCUT2D eigenvalue weighted by atomic mass is 10.2. The van der Waals surface area contributed by atoms with E-state index in [1.165, 1.54) is 11.8 Å². The smallest absolute Gasteiger partial charge is 0.190 e. The van der Waals surface area contributed by atoms with E-state index < -0.39 is 0 Å². The van der Waals surface area contributed by atoms with Crippen LogP contribution >= 0.6 is 23.4 Å². The van der Waals surface area contributed by atoms with Crippen LogP contribution in [0.4, 0.5) is 5.82 Å². The van der Waals surface area contributed by atoms with Crippen LogP contribution in [0.25, 0.3) is 0 Å². The topological polar surface area (TPSA) is 49.8 Å². The van der Waals surface area contributed by atoms with Crippen molar-refractivity contribution in [1.29, 1.82) is 0 Å². The Labute approximate surface area is 98.2 Å². The fraction of sp³-hybridized carbons (Fsp3) is 0.556. The molecule has 0 spiro atoms. The molecule has 2 N–H and O–H groups in total. The lowest BCUT2D eigenvalue weighted by Gasteiger charge is -2.12. The van der Waals surface area contributed by atoms with Crippen LogP contribution in [0.5, 0.6) is 0 Å². The molecule has 2 rings (SSSR count). The summed E-state index contributed by atoms with van der Waals surface area (Å²) >= 11 is 7.39. The predicted octanol–water partition coefficient (Wildman–Crippen LogP) is 1.63. The Morgan fingerprint density at radius 1 is 1.60 bits per heavy atom. The van der Waals surface area contributed by atoms with Gasteiger partial charge in [-0.25, -0.2) is 9.97 Å². The summed E-state index contributed by atoms with van der Waals surface area (Å²) in [5, 5.41) is 7.83. The molecule has 15 heavy (non-hydrogen) atoms. The van der Waals surface area contributed by atoms with E-state index in [2.05, 4.69) is 20.6 Å². The molecule has 4 nitrogen and oxygen atoms in total. The molecule has 1 aromatic rings. The van der Waals surface area contributed by atoms with Crippen molar-refractivity contribution < 1.29 is 0 Å². The highest BCUT2D eigenvalue weighted by atomic mass is 35.5. The fourth-order valence-electron chi connectivity index (χ4n) is 1.55. The molecule has 2 heterocycles. The van der Waals surface area contributed by atoms with Gasteiger partial charge in [-0.2, -0.15) is 0 Å². The molecule has 0 radical (unpaired) electrons. The van der Waals surface area contributed by atoms with E-state index in [4.69, 9.17) is 11.6 Å². The molecule has 0 aliphatic carbocycles. The number of rotatable bonds is 3. The maximum absolute atomic E-state index is 5.89. The number of halogens is 1. The summed E-state index contributed by atoms with van der Waals surface area (Å²) < 4.78 is 0. The highest BCUT2D eigenvalue weighted by molar-refractivity contribution is 7.98. The van der Waals surface area contributed by atoms with Crippen LogP contribution in [-0.4, -0.2) is 35.4 Å². The summed E-state index contributed by atoms with van der Waals surface area (Å²) in [6.45, 7) is 2.04. The molecule has 1 aliphatic rings. The lowest BCUT2D eigenvalue weighted by molar-refractivity contribution is 0.781. The number of hydrogen-bond acceptors (Lipinski definition) is 5. The minimum atomic E-state index is 0.450. The first-order valence-corrected chi connectivity index (χ1v) is 6.44. The average molecular weight is 245 g/mol. The van der Waals surface area contributed by atoms with Gasteiger partial charge in [-0.15, -0.1) is 0 Å². The number of nitrogens with one attached hydrogen (secondary N) is 2. The first kappa shape index (κ1) is 11.0. The third-order valence-corrected chi connectivity index (χ3v) is 3.01. The summed E-state index contributed by atoms with van der Waals surface area (Å²) in [7, 11) is 0. The van der Waals surface area contributed by atoms with Crippen LogP contribution in [-0.2, 0) is 0 Å². The molecule has 0 bridgehead atoms. The van der Waals surface area contributed by atoms with Crippen LogP contribution in [0.15, 0.2) is 11.2 Å². The first-order chi connectivity index (χ1) is 7.28. The van der Waals surface area contributed by atoms with Crippen molar-refractivity contribution >= 4 is 29.2 Å². The third kappa shape index (κ3) is 2.96. The van der Waals surface area contributed by atoms with Crippen molar-refractivity contribution in [3.8, 4) is 0 Å². The van der Waals surface area contributed by atoms with Gasteiger partial charge in [0.15, 0.2) is 5.16 Å². The molecule has 1 saturated heterocycles. The lowest BCUT2D eigenvalue weighted by Crippen LogP contribution is -2.22. The van der Waals surface area contributed by atoms with Crippen molar-refractivity contribution in [2.24, 2.45) is 0 Å². The van der Waals surface area contributed by atoms with Crippen LogP contribution in [0.2, 0.25) is 5.15 Å². The molecule has 1 fully saturated rings. The molecular formula is C9H13ClN4S. The zero-order valence-electron chi connectivity index (χ0n) is 8.46. The van der Waals surface area contributed by atoms with Gasteiger partial charge < -0.3 is 10.6 Å². The monoisotopic (exact) mass is 244 g/mol. The SMILES string of the molecule is CSc1nc(Cl)cc(N[C@H]2CCNC2)n1. The highest BCUT2D eigenvalue weighted by Crippen LogP contribution is 2.18. The predicted molar refractivity (Wildman–Crippen MR) is 63.7 cm³/mol. The zero-order valence-corrected chi connectivity index (χ0v) is 10.0. The summed E-state index contributed by atoms with van der Waals surface area (Å²) in [6, 6.07) is 2.21. The van der Waals surface area contributed by atoms with Gasteiger partial charge in [0, 0.05) is 18.7 Å². The quantitative estimate of drug-likeness (QED) is 0.481. The Kier molecular flexibility index (Phi) is 3.66. The maximum Gasteiger partial charge on any atom is 0.190 e. The molecule has 0 unspecified atom stereocenters. The largest absolute Gasteiger partial charge is 0.366 e. The number of thioether (sulfide) groups is 1. The number of anilines is 1. The number of aromatic nitrogens is 2. The maximum atomic E-state index is 5.89. The van der Waals surface area contributed by atoms with Gasteiger partial charge in [0.1, 0.15) is 11.0 Å². The molecule has 82 valence electrons. The number of hydrogen-bond donors (Lipinski definition) is 2. The van der Waals surface area contributed by atoms with Crippen molar-refractivity contribution in [2.45, 2.75) is 17.6 Å². The van der Waals surface area contributed by atoms with Gasteiger partial charge in [0.05, 0.1) is 0 Å². The Balaban J connectivity index is 2.09. The Morgan fingerprint density at radius 3 is 3.13 bits per heavy atom. The van der Waals surface area contributed by atoms with Gasteiger partial charge in [0.2, 0.25) is 0 Å². The number of nitrogens with zero attached hydrogens (tertiary/aromatic N) is 2. The summed E-state index contributed by atoms with van der Waals surface area (Å²) in [5.41, 5.74) is 0. The zero-order chi connectivity index (χ0) is 10.7. The van der Waals surface area contributed by atoms with E-state index in [0.29, 0.717) is 16.4 Å². The third-order valence-electron chi connectivity index (χ3n) is 2.27. The van der Waals surface area contributed by atoms with Gasteiger partial charge in [-0.05, 0) is 19.2 Å². The first-order valence-electron chi connectivity index (χ1n) is 4.84. The highest BCUT2D eigenvalue weighted by Gasteiger charge is 2.14. The normalized spacial score (nSPS) is 20.5. The van der Waals surface area contributed by atoms with Crippen LogP contribution in [0.3, 0.4) is 0 Å². The summed E-state index contributed by atoms with van der Waals surface area (Å²) in [6.07, 6.45) is 3.06. The second kappa shape index (κ2) is 5.01. The van der Waals surface area contributed by atoms with Crippen molar-refractivity contribution in [1.82, 2.24) is 15.3 Å².